The molecule has 0 amide bonds. The highest BCUT2D eigenvalue weighted by molar-refractivity contribution is 7.08. The molecule has 2 nitrogen and oxygen atoms in total. The number of halogens is 1. The average molecular weight is 236 g/mol. The van der Waals surface area contributed by atoms with Crippen LogP contribution in [-0.2, 0) is 0 Å². The van der Waals surface area contributed by atoms with Gasteiger partial charge >= 0.3 is 0 Å². The molecular weight excluding hydrogens is 227 g/mol. The number of ketones is 1. The van der Waals surface area contributed by atoms with Crippen LogP contribution >= 0.6 is 11.3 Å². The van der Waals surface area contributed by atoms with Crippen LogP contribution in [0.15, 0.2) is 35.0 Å². The molecule has 82 valence electrons. The highest BCUT2D eigenvalue weighted by Gasteiger charge is 2.14. The van der Waals surface area contributed by atoms with Gasteiger partial charge in [-0.1, -0.05) is 0 Å². The molecule has 0 aliphatic rings. The first-order chi connectivity index (χ1) is 7.72. The molecule has 0 atom stereocenters. The molecule has 0 aliphatic heterocycles. The van der Waals surface area contributed by atoms with Crippen molar-refractivity contribution in [3.05, 3.63) is 52.0 Å². The van der Waals surface area contributed by atoms with Gasteiger partial charge in [-0.25, -0.2) is 4.39 Å². The van der Waals surface area contributed by atoms with E-state index in [-0.39, 0.29) is 11.3 Å². The predicted molar refractivity (Wildman–Crippen MR) is 60.7 cm³/mol. The molecule has 2 aromatic rings. The lowest BCUT2D eigenvalue weighted by Gasteiger charge is -2.03. The Bertz CT molecular complexity index is 506. The minimum atomic E-state index is -0.560. The van der Waals surface area contributed by atoms with E-state index in [1.165, 1.54) is 30.6 Å². The van der Waals surface area contributed by atoms with Gasteiger partial charge in [0.1, 0.15) is 11.6 Å². The van der Waals surface area contributed by atoms with Gasteiger partial charge in [0.2, 0.25) is 0 Å². The molecule has 16 heavy (non-hydrogen) atoms. The van der Waals surface area contributed by atoms with E-state index in [4.69, 9.17) is 4.74 Å². The summed E-state index contributed by atoms with van der Waals surface area (Å²) in [7, 11) is 1.45. The number of hydrogen-bond donors (Lipinski definition) is 0. The highest BCUT2D eigenvalue weighted by atomic mass is 32.1. The molecule has 1 aromatic carbocycles. The van der Waals surface area contributed by atoms with Gasteiger partial charge in [0, 0.05) is 17.0 Å². The monoisotopic (exact) mass is 236 g/mol. The van der Waals surface area contributed by atoms with Crippen molar-refractivity contribution in [3.8, 4) is 5.75 Å². The molecule has 0 fully saturated rings. The minimum Gasteiger partial charge on any atom is -0.497 e. The van der Waals surface area contributed by atoms with Crippen LogP contribution in [0.2, 0.25) is 0 Å². The molecule has 0 saturated heterocycles. The van der Waals surface area contributed by atoms with E-state index in [9.17, 15) is 9.18 Å². The Hall–Kier alpha value is -1.68. The maximum Gasteiger partial charge on any atom is 0.196 e. The van der Waals surface area contributed by atoms with Crippen molar-refractivity contribution in [2.75, 3.05) is 7.11 Å². The van der Waals surface area contributed by atoms with Gasteiger partial charge in [-0.2, -0.15) is 11.3 Å². The molecule has 0 aliphatic carbocycles. The Morgan fingerprint density at radius 1 is 1.38 bits per heavy atom. The van der Waals surface area contributed by atoms with E-state index in [0.29, 0.717) is 11.3 Å². The van der Waals surface area contributed by atoms with E-state index in [2.05, 4.69) is 0 Å². The zero-order valence-electron chi connectivity index (χ0n) is 8.57. The number of ether oxygens (including phenoxy) is 1. The van der Waals surface area contributed by atoms with E-state index >= 15 is 0 Å². The summed E-state index contributed by atoms with van der Waals surface area (Å²) in [5, 5.41) is 3.49. The van der Waals surface area contributed by atoms with Crippen LogP contribution in [0.3, 0.4) is 0 Å². The second-order valence-electron chi connectivity index (χ2n) is 3.19. The smallest absolute Gasteiger partial charge is 0.196 e. The minimum absolute atomic E-state index is 0.0687. The number of rotatable bonds is 3. The Morgan fingerprint density at radius 2 is 2.19 bits per heavy atom. The van der Waals surface area contributed by atoms with Crippen molar-refractivity contribution in [1.29, 1.82) is 0 Å². The third kappa shape index (κ3) is 1.97. The standard InChI is InChI=1S/C12H9FO2S/c1-15-9-2-3-10(11(13)6-9)12(14)8-4-5-16-7-8/h2-7H,1H3. The number of carbonyl (C=O) groups excluding carboxylic acids is 1. The van der Waals surface area contributed by atoms with E-state index < -0.39 is 5.82 Å². The molecule has 0 bridgehead atoms. The fraction of sp³-hybridized carbons (Fsp3) is 0.0833. The van der Waals surface area contributed by atoms with Crippen LogP contribution in [0, 0.1) is 5.82 Å². The van der Waals surface area contributed by atoms with Crippen LogP contribution in [0.5, 0.6) is 5.75 Å². The molecule has 0 N–H and O–H groups in total. The summed E-state index contributed by atoms with van der Waals surface area (Å²) < 4.78 is 18.5. The van der Waals surface area contributed by atoms with Gasteiger partial charge < -0.3 is 4.74 Å². The Morgan fingerprint density at radius 3 is 2.75 bits per heavy atom. The number of hydrogen-bond acceptors (Lipinski definition) is 3. The first-order valence-corrected chi connectivity index (χ1v) is 5.57. The molecule has 1 aromatic heterocycles. The summed E-state index contributed by atoms with van der Waals surface area (Å²) in [6, 6.07) is 5.90. The number of carbonyl (C=O) groups is 1. The topological polar surface area (TPSA) is 26.3 Å². The lowest BCUT2D eigenvalue weighted by atomic mass is 10.1. The summed E-state index contributed by atoms with van der Waals surface area (Å²) in [5.74, 6) is -0.462. The molecule has 2 rings (SSSR count). The molecule has 0 saturated carbocycles. The number of benzene rings is 1. The van der Waals surface area contributed by atoms with E-state index in [1.54, 1.807) is 22.9 Å². The molecule has 0 radical (unpaired) electrons. The van der Waals surface area contributed by atoms with Gasteiger partial charge in [0.05, 0.1) is 12.7 Å². The van der Waals surface area contributed by atoms with E-state index in [0.717, 1.165) is 0 Å². The number of methoxy groups -OCH3 is 1. The molecule has 0 spiro atoms. The van der Waals surface area contributed by atoms with Crippen LogP contribution < -0.4 is 4.74 Å². The predicted octanol–water partition coefficient (Wildman–Crippen LogP) is 3.13. The van der Waals surface area contributed by atoms with Gasteiger partial charge in [-0.3, -0.25) is 4.79 Å². The van der Waals surface area contributed by atoms with Crippen molar-refractivity contribution in [3.63, 3.8) is 0 Å². The van der Waals surface area contributed by atoms with Crippen LogP contribution in [0.25, 0.3) is 0 Å². The summed E-state index contributed by atoms with van der Waals surface area (Å²) >= 11 is 1.41. The van der Waals surface area contributed by atoms with Gasteiger partial charge in [-0.05, 0) is 23.6 Å². The third-order valence-corrected chi connectivity index (χ3v) is 2.89. The molecule has 0 unspecified atom stereocenters. The SMILES string of the molecule is COc1ccc(C(=O)c2ccsc2)c(F)c1. The number of thiophene rings is 1. The highest BCUT2D eigenvalue weighted by Crippen LogP contribution is 2.20. The van der Waals surface area contributed by atoms with Crippen molar-refractivity contribution in [2.45, 2.75) is 0 Å². The summed E-state index contributed by atoms with van der Waals surface area (Å²) in [6.07, 6.45) is 0. The molecular formula is C12H9FO2S. The lowest BCUT2D eigenvalue weighted by molar-refractivity contribution is 0.103. The fourth-order valence-corrected chi connectivity index (χ4v) is 1.99. The second-order valence-corrected chi connectivity index (χ2v) is 3.97. The molecule has 1 heterocycles. The second kappa shape index (κ2) is 4.45. The van der Waals surface area contributed by atoms with Crippen LogP contribution in [0.1, 0.15) is 15.9 Å². The zero-order chi connectivity index (χ0) is 11.5. The maximum absolute atomic E-state index is 13.6. The average Bonchev–Trinajstić information content (AvgIpc) is 2.81. The third-order valence-electron chi connectivity index (χ3n) is 2.20. The normalized spacial score (nSPS) is 10.1. The van der Waals surface area contributed by atoms with Crippen LogP contribution in [-0.4, -0.2) is 12.9 Å². The van der Waals surface area contributed by atoms with Gasteiger partial charge in [-0.15, -0.1) is 0 Å². The van der Waals surface area contributed by atoms with E-state index in [1.807, 2.05) is 0 Å². The summed E-state index contributed by atoms with van der Waals surface area (Å²) in [4.78, 5) is 11.9. The zero-order valence-corrected chi connectivity index (χ0v) is 9.38. The Balaban J connectivity index is 2.38. The first-order valence-electron chi connectivity index (χ1n) is 4.63. The van der Waals surface area contributed by atoms with Crippen molar-refractivity contribution in [2.24, 2.45) is 0 Å². The Labute approximate surface area is 96.3 Å². The quantitative estimate of drug-likeness (QED) is 0.765. The largest absolute Gasteiger partial charge is 0.497 e. The fourth-order valence-electron chi connectivity index (χ4n) is 1.36. The van der Waals surface area contributed by atoms with Crippen molar-refractivity contribution >= 4 is 17.1 Å². The summed E-state index contributed by atoms with van der Waals surface area (Å²) in [6.45, 7) is 0. The Kier molecular flexibility index (Phi) is 3.01. The maximum atomic E-state index is 13.6. The van der Waals surface area contributed by atoms with Crippen molar-refractivity contribution in [1.82, 2.24) is 0 Å². The summed E-state index contributed by atoms with van der Waals surface area (Å²) in [5.41, 5.74) is 0.577. The lowest BCUT2D eigenvalue weighted by Crippen LogP contribution is -2.03. The van der Waals surface area contributed by atoms with Crippen LogP contribution in [0.4, 0.5) is 4.39 Å². The van der Waals surface area contributed by atoms with Crippen molar-refractivity contribution < 1.29 is 13.9 Å². The van der Waals surface area contributed by atoms with Gasteiger partial charge in [0.25, 0.3) is 0 Å². The molecule has 4 heteroatoms. The van der Waals surface area contributed by atoms with Gasteiger partial charge in [0.15, 0.2) is 5.78 Å². The first kappa shape index (κ1) is 10.8.